The first-order valence-corrected chi connectivity index (χ1v) is 2.92. The van der Waals surface area contributed by atoms with Crippen molar-refractivity contribution in [3.63, 3.8) is 0 Å². The second kappa shape index (κ2) is 3.18. The molecule has 60 valence electrons. The number of nitrogens with zero attached hydrogens (tertiary/aromatic N) is 3. The van der Waals surface area contributed by atoms with E-state index in [-0.39, 0.29) is 12.6 Å². The number of rotatable bonds is 2. The van der Waals surface area contributed by atoms with Crippen molar-refractivity contribution in [2.45, 2.75) is 6.92 Å². The van der Waals surface area contributed by atoms with Gasteiger partial charge in [-0.1, -0.05) is 0 Å². The van der Waals surface area contributed by atoms with Crippen molar-refractivity contribution >= 4 is 0 Å². The Labute approximate surface area is 61.3 Å². The van der Waals surface area contributed by atoms with Crippen LogP contribution in [0.3, 0.4) is 0 Å². The zero-order chi connectivity index (χ0) is 8.27. The molecule has 4 nitrogen and oxygen atoms in total. The van der Waals surface area contributed by atoms with Gasteiger partial charge in [-0.3, -0.25) is 0 Å². The highest BCUT2D eigenvalue weighted by atomic mass is 19.1. The molecule has 0 aliphatic rings. The molecule has 0 amide bonds. The van der Waals surface area contributed by atoms with Crippen LogP contribution in [0.25, 0.3) is 0 Å². The molecule has 0 radical (unpaired) electrons. The molecule has 1 heterocycles. The van der Waals surface area contributed by atoms with Gasteiger partial charge in [-0.05, 0) is 6.92 Å². The van der Waals surface area contributed by atoms with Gasteiger partial charge in [0.2, 0.25) is 0 Å². The molecule has 0 bridgehead atoms. The number of ether oxygens (including phenoxy) is 1. The van der Waals surface area contributed by atoms with Crippen molar-refractivity contribution < 1.29 is 13.5 Å². The third-order valence-corrected chi connectivity index (χ3v) is 0.834. The molecule has 6 heteroatoms. The van der Waals surface area contributed by atoms with E-state index in [4.69, 9.17) is 0 Å². The summed E-state index contributed by atoms with van der Waals surface area (Å²) >= 11 is 0. The van der Waals surface area contributed by atoms with E-state index in [1.54, 1.807) is 6.92 Å². The predicted molar refractivity (Wildman–Crippen MR) is 30.9 cm³/mol. The number of halogens is 2. The standard InChI is InChI=1S/C5H5F2N3O/c1-2-11-5-9-3(6)8-4(7)10-5/h2H2,1H3. The van der Waals surface area contributed by atoms with Crippen LogP contribution in [0.4, 0.5) is 8.78 Å². The van der Waals surface area contributed by atoms with E-state index < -0.39 is 12.2 Å². The number of hydrogen-bond donors (Lipinski definition) is 0. The average Bonchev–Trinajstić information content (AvgIpc) is 1.85. The Bertz CT molecular complexity index is 235. The third-order valence-electron chi connectivity index (χ3n) is 0.834. The summed E-state index contributed by atoms with van der Waals surface area (Å²) in [6.45, 7) is 1.91. The van der Waals surface area contributed by atoms with Crippen molar-refractivity contribution in [2.24, 2.45) is 0 Å². The van der Waals surface area contributed by atoms with Crippen molar-refractivity contribution in [1.82, 2.24) is 15.0 Å². The second-order valence-corrected chi connectivity index (χ2v) is 1.59. The van der Waals surface area contributed by atoms with Crippen LogP contribution in [0.5, 0.6) is 6.01 Å². The van der Waals surface area contributed by atoms with Crippen LogP contribution < -0.4 is 4.74 Å². The normalized spacial score (nSPS) is 9.73. The Kier molecular flexibility index (Phi) is 2.25. The van der Waals surface area contributed by atoms with Crippen LogP contribution >= 0.6 is 0 Å². The summed E-state index contributed by atoms with van der Waals surface area (Å²) in [5.41, 5.74) is 0. The summed E-state index contributed by atoms with van der Waals surface area (Å²) in [4.78, 5) is 8.83. The van der Waals surface area contributed by atoms with Crippen molar-refractivity contribution in [3.8, 4) is 6.01 Å². The lowest BCUT2D eigenvalue weighted by Crippen LogP contribution is -2.03. The highest BCUT2D eigenvalue weighted by Crippen LogP contribution is 2.00. The van der Waals surface area contributed by atoms with Gasteiger partial charge in [0.25, 0.3) is 0 Å². The molecule has 1 aromatic rings. The largest absolute Gasteiger partial charge is 0.464 e. The first-order valence-electron chi connectivity index (χ1n) is 2.92. The quantitative estimate of drug-likeness (QED) is 0.635. The Morgan fingerprint density at radius 1 is 1.18 bits per heavy atom. The van der Waals surface area contributed by atoms with Crippen molar-refractivity contribution in [3.05, 3.63) is 12.2 Å². The van der Waals surface area contributed by atoms with E-state index in [1.165, 1.54) is 0 Å². The fourth-order valence-electron chi connectivity index (χ4n) is 0.503. The molecule has 0 saturated heterocycles. The van der Waals surface area contributed by atoms with Crippen molar-refractivity contribution in [1.29, 1.82) is 0 Å². The molecule has 0 spiro atoms. The minimum atomic E-state index is -1.18. The van der Waals surface area contributed by atoms with E-state index in [9.17, 15) is 8.78 Å². The Hall–Kier alpha value is -1.33. The van der Waals surface area contributed by atoms with Gasteiger partial charge in [0.15, 0.2) is 0 Å². The molecule has 1 aromatic heterocycles. The van der Waals surface area contributed by atoms with Gasteiger partial charge in [-0.2, -0.15) is 13.8 Å². The monoisotopic (exact) mass is 161 g/mol. The zero-order valence-corrected chi connectivity index (χ0v) is 5.71. The third kappa shape index (κ3) is 2.06. The molecule has 0 atom stereocenters. The van der Waals surface area contributed by atoms with E-state index >= 15 is 0 Å². The molecular formula is C5H5F2N3O. The number of aromatic nitrogens is 3. The van der Waals surface area contributed by atoms with E-state index in [0.717, 1.165) is 0 Å². The topological polar surface area (TPSA) is 47.9 Å². The maximum absolute atomic E-state index is 12.2. The molecular weight excluding hydrogens is 156 g/mol. The first-order chi connectivity index (χ1) is 5.22. The molecule has 0 aliphatic heterocycles. The second-order valence-electron chi connectivity index (χ2n) is 1.59. The zero-order valence-electron chi connectivity index (χ0n) is 5.71. The van der Waals surface area contributed by atoms with Gasteiger partial charge < -0.3 is 4.74 Å². The summed E-state index contributed by atoms with van der Waals surface area (Å²) in [5, 5.41) is 0. The maximum Gasteiger partial charge on any atom is 0.324 e. The maximum atomic E-state index is 12.2. The van der Waals surface area contributed by atoms with Gasteiger partial charge >= 0.3 is 18.2 Å². The van der Waals surface area contributed by atoms with Crippen LogP contribution in [0.15, 0.2) is 0 Å². The number of hydrogen-bond acceptors (Lipinski definition) is 4. The van der Waals surface area contributed by atoms with Crippen LogP contribution in [0, 0.1) is 12.2 Å². The molecule has 1 rings (SSSR count). The lowest BCUT2D eigenvalue weighted by atomic mass is 10.8. The van der Waals surface area contributed by atoms with Gasteiger partial charge in [0, 0.05) is 0 Å². The van der Waals surface area contributed by atoms with Gasteiger partial charge in [-0.25, -0.2) is 0 Å². The lowest BCUT2D eigenvalue weighted by molar-refractivity contribution is 0.290. The average molecular weight is 161 g/mol. The smallest absolute Gasteiger partial charge is 0.324 e. The summed E-state index contributed by atoms with van der Waals surface area (Å²) in [6.07, 6.45) is -2.36. The fraction of sp³-hybridized carbons (Fsp3) is 0.400. The summed E-state index contributed by atoms with van der Waals surface area (Å²) in [7, 11) is 0. The summed E-state index contributed by atoms with van der Waals surface area (Å²) in [5.74, 6) is 0. The SMILES string of the molecule is CCOc1nc(F)nc(F)n1. The van der Waals surface area contributed by atoms with Gasteiger partial charge in [0.05, 0.1) is 6.61 Å². The fourth-order valence-corrected chi connectivity index (χ4v) is 0.503. The van der Waals surface area contributed by atoms with E-state index in [0.29, 0.717) is 0 Å². The lowest BCUT2D eigenvalue weighted by Gasteiger charge is -1.97. The first kappa shape index (κ1) is 7.77. The Morgan fingerprint density at radius 3 is 2.18 bits per heavy atom. The van der Waals surface area contributed by atoms with Crippen LogP contribution in [0.2, 0.25) is 0 Å². The van der Waals surface area contributed by atoms with E-state index in [1.807, 2.05) is 0 Å². The molecule has 0 unspecified atom stereocenters. The van der Waals surface area contributed by atoms with Crippen molar-refractivity contribution in [2.75, 3.05) is 6.61 Å². The minimum Gasteiger partial charge on any atom is -0.464 e. The molecule has 0 fully saturated rings. The highest BCUT2D eigenvalue weighted by Gasteiger charge is 2.04. The van der Waals surface area contributed by atoms with E-state index in [2.05, 4.69) is 19.7 Å². The summed E-state index contributed by atoms with van der Waals surface area (Å²) in [6, 6.07) is -0.336. The van der Waals surface area contributed by atoms with Gasteiger partial charge in [0.1, 0.15) is 0 Å². The van der Waals surface area contributed by atoms with Crippen LogP contribution in [-0.2, 0) is 0 Å². The molecule has 0 saturated carbocycles. The van der Waals surface area contributed by atoms with Crippen LogP contribution in [-0.4, -0.2) is 21.6 Å². The molecule has 0 N–H and O–H groups in total. The molecule has 11 heavy (non-hydrogen) atoms. The predicted octanol–water partition coefficient (Wildman–Crippen LogP) is 0.548. The minimum absolute atomic E-state index is 0.253. The Morgan fingerprint density at radius 2 is 1.73 bits per heavy atom. The summed E-state index contributed by atoms with van der Waals surface area (Å²) < 4.78 is 29.0. The van der Waals surface area contributed by atoms with Crippen LogP contribution in [0.1, 0.15) is 6.92 Å². The molecule has 0 aliphatic carbocycles. The molecule has 0 aromatic carbocycles. The Balaban J connectivity index is 2.89. The van der Waals surface area contributed by atoms with Gasteiger partial charge in [-0.15, -0.1) is 9.97 Å². The highest BCUT2D eigenvalue weighted by molar-refractivity contribution is 4.88.